The molecule has 8 heteroatoms. The zero-order valence-corrected chi connectivity index (χ0v) is 16.5. The molecular formula is C21H23FN6O. The van der Waals surface area contributed by atoms with Crippen LogP contribution in [0.1, 0.15) is 32.5 Å². The number of nitrogens with zero attached hydrogens (tertiary/aromatic N) is 5. The lowest BCUT2D eigenvalue weighted by atomic mass is 10.1. The van der Waals surface area contributed by atoms with Gasteiger partial charge in [0, 0.05) is 37.3 Å². The maximum absolute atomic E-state index is 13.2. The summed E-state index contributed by atoms with van der Waals surface area (Å²) in [5.41, 5.74) is 3.02. The van der Waals surface area contributed by atoms with E-state index >= 15 is 0 Å². The summed E-state index contributed by atoms with van der Waals surface area (Å²) in [6.07, 6.45) is 5.50. The van der Waals surface area contributed by atoms with E-state index in [0.717, 1.165) is 29.0 Å². The first-order chi connectivity index (χ1) is 14.0. The van der Waals surface area contributed by atoms with Gasteiger partial charge < -0.3 is 5.32 Å². The molecule has 0 bridgehead atoms. The van der Waals surface area contributed by atoms with Crippen LogP contribution in [0.5, 0.6) is 0 Å². The normalized spacial score (nSPS) is 11.6. The number of fused-ring (bicyclic) bond motifs is 3. The fourth-order valence-corrected chi connectivity index (χ4v) is 3.21. The van der Waals surface area contributed by atoms with E-state index in [1.807, 2.05) is 22.9 Å². The molecule has 29 heavy (non-hydrogen) atoms. The van der Waals surface area contributed by atoms with Gasteiger partial charge in [0.05, 0.1) is 5.69 Å². The van der Waals surface area contributed by atoms with Gasteiger partial charge in [0.1, 0.15) is 17.2 Å². The number of amides is 1. The SMILES string of the molecule is CC(C)CCNC(=O)CCc1nnc2c3cc(-c4ccc(F)cc4)nn3ccn12. The minimum Gasteiger partial charge on any atom is -0.356 e. The molecule has 0 aliphatic carbocycles. The van der Waals surface area contributed by atoms with Crippen LogP contribution in [0, 0.1) is 11.7 Å². The van der Waals surface area contributed by atoms with E-state index in [9.17, 15) is 9.18 Å². The van der Waals surface area contributed by atoms with E-state index < -0.39 is 0 Å². The zero-order valence-electron chi connectivity index (χ0n) is 16.5. The maximum Gasteiger partial charge on any atom is 0.220 e. The number of nitrogens with one attached hydrogen (secondary N) is 1. The molecule has 3 heterocycles. The molecule has 4 rings (SSSR count). The fraction of sp³-hybridized carbons (Fsp3) is 0.333. The van der Waals surface area contributed by atoms with E-state index in [0.29, 0.717) is 31.0 Å². The standard InChI is InChI=1S/C21H23FN6O/c1-14(2)9-10-23-20(29)8-7-19-24-25-21-18-13-17(15-3-5-16(22)6-4-15)26-28(18)12-11-27(19)21/h3-6,11-14H,7-10H2,1-2H3,(H,23,29). The molecule has 0 spiro atoms. The molecule has 0 fully saturated rings. The van der Waals surface area contributed by atoms with Crippen LogP contribution in [0.25, 0.3) is 22.4 Å². The van der Waals surface area contributed by atoms with Gasteiger partial charge in [-0.05, 0) is 42.7 Å². The number of carbonyl (C=O) groups is 1. The minimum absolute atomic E-state index is 0.0198. The first kappa shape index (κ1) is 19.0. The lowest BCUT2D eigenvalue weighted by molar-refractivity contribution is -0.121. The summed E-state index contributed by atoms with van der Waals surface area (Å²) in [5, 5.41) is 16.0. The minimum atomic E-state index is -0.282. The summed E-state index contributed by atoms with van der Waals surface area (Å²) in [5.74, 6) is 1.03. The molecule has 4 aromatic rings. The Balaban J connectivity index is 1.53. The lowest BCUT2D eigenvalue weighted by Crippen LogP contribution is -2.25. The van der Waals surface area contributed by atoms with Gasteiger partial charge in [0.15, 0.2) is 5.65 Å². The number of aromatic nitrogens is 5. The number of carbonyl (C=O) groups excluding carboxylic acids is 1. The molecule has 0 aliphatic heterocycles. The Hall–Kier alpha value is -3.29. The Bertz CT molecular complexity index is 1150. The average molecular weight is 394 g/mol. The third-order valence-electron chi connectivity index (χ3n) is 4.85. The third-order valence-corrected chi connectivity index (χ3v) is 4.85. The molecule has 0 saturated heterocycles. The van der Waals surface area contributed by atoms with Crippen LogP contribution in [0.4, 0.5) is 4.39 Å². The quantitative estimate of drug-likeness (QED) is 0.522. The van der Waals surface area contributed by atoms with Crippen molar-refractivity contribution in [3.63, 3.8) is 0 Å². The Morgan fingerprint density at radius 1 is 1.17 bits per heavy atom. The molecule has 0 saturated carbocycles. The van der Waals surface area contributed by atoms with E-state index in [1.54, 1.807) is 16.6 Å². The molecule has 0 unspecified atom stereocenters. The summed E-state index contributed by atoms with van der Waals surface area (Å²) < 4.78 is 16.8. The highest BCUT2D eigenvalue weighted by molar-refractivity contribution is 5.77. The van der Waals surface area contributed by atoms with Crippen LogP contribution < -0.4 is 5.32 Å². The highest BCUT2D eigenvalue weighted by Crippen LogP contribution is 2.22. The van der Waals surface area contributed by atoms with Crippen LogP contribution >= 0.6 is 0 Å². The molecule has 7 nitrogen and oxygen atoms in total. The van der Waals surface area contributed by atoms with Gasteiger partial charge in [-0.1, -0.05) is 13.8 Å². The second kappa shape index (κ2) is 7.98. The molecule has 1 amide bonds. The monoisotopic (exact) mass is 394 g/mol. The Kier molecular flexibility index (Phi) is 5.24. The summed E-state index contributed by atoms with van der Waals surface area (Å²) in [6.45, 7) is 4.96. The first-order valence-electron chi connectivity index (χ1n) is 9.76. The van der Waals surface area contributed by atoms with Crippen molar-refractivity contribution in [2.45, 2.75) is 33.1 Å². The first-order valence-corrected chi connectivity index (χ1v) is 9.76. The summed E-state index contributed by atoms with van der Waals surface area (Å²) in [6, 6.07) is 8.12. The van der Waals surface area contributed by atoms with E-state index in [1.165, 1.54) is 12.1 Å². The molecule has 1 N–H and O–H groups in total. The van der Waals surface area contributed by atoms with Crippen molar-refractivity contribution < 1.29 is 9.18 Å². The maximum atomic E-state index is 13.2. The molecule has 0 aliphatic rings. The number of rotatable bonds is 7. The van der Waals surface area contributed by atoms with E-state index in [4.69, 9.17) is 0 Å². The van der Waals surface area contributed by atoms with Crippen LogP contribution in [0.3, 0.4) is 0 Å². The molecule has 0 atom stereocenters. The highest BCUT2D eigenvalue weighted by Gasteiger charge is 2.13. The van der Waals surface area contributed by atoms with Crippen LogP contribution in [-0.2, 0) is 11.2 Å². The predicted octanol–water partition coefficient (Wildman–Crippen LogP) is 3.28. The second-order valence-electron chi connectivity index (χ2n) is 7.51. The van der Waals surface area contributed by atoms with Gasteiger partial charge in [0.25, 0.3) is 0 Å². The van der Waals surface area contributed by atoms with Crippen molar-refractivity contribution in [2.24, 2.45) is 5.92 Å². The van der Waals surface area contributed by atoms with Gasteiger partial charge >= 0.3 is 0 Å². The Morgan fingerprint density at radius 2 is 1.97 bits per heavy atom. The topological polar surface area (TPSA) is 76.6 Å². The van der Waals surface area contributed by atoms with Gasteiger partial charge in [-0.15, -0.1) is 10.2 Å². The van der Waals surface area contributed by atoms with Crippen molar-refractivity contribution in [1.29, 1.82) is 0 Å². The van der Waals surface area contributed by atoms with Gasteiger partial charge in [-0.2, -0.15) is 5.10 Å². The highest BCUT2D eigenvalue weighted by atomic mass is 19.1. The summed E-state index contributed by atoms with van der Waals surface area (Å²) in [7, 11) is 0. The van der Waals surface area contributed by atoms with Gasteiger partial charge in [0.2, 0.25) is 5.91 Å². The predicted molar refractivity (Wildman–Crippen MR) is 108 cm³/mol. The van der Waals surface area contributed by atoms with Crippen molar-refractivity contribution in [3.8, 4) is 11.3 Å². The number of hydrogen-bond donors (Lipinski definition) is 1. The summed E-state index contributed by atoms with van der Waals surface area (Å²) >= 11 is 0. The van der Waals surface area contributed by atoms with Crippen molar-refractivity contribution >= 4 is 17.1 Å². The number of aryl methyl sites for hydroxylation is 1. The van der Waals surface area contributed by atoms with E-state index in [2.05, 4.69) is 34.5 Å². The number of hydrogen-bond acceptors (Lipinski definition) is 4. The molecule has 0 radical (unpaired) electrons. The third kappa shape index (κ3) is 4.11. The zero-order chi connectivity index (χ0) is 20.4. The van der Waals surface area contributed by atoms with Crippen LogP contribution in [0.15, 0.2) is 42.7 Å². The van der Waals surface area contributed by atoms with Gasteiger partial charge in [-0.25, -0.2) is 8.91 Å². The Morgan fingerprint density at radius 3 is 2.72 bits per heavy atom. The van der Waals surface area contributed by atoms with Gasteiger partial charge in [-0.3, -0.25) is 9.20 Å². The largest absolute Gasteiger partial charge is 0.356 e. The molecule has 150 valence electrons. The molecular weight excluding hydrogens is 371 g/mol. The number of benzene rings is 1. The Labute approximate surface area is 167 Å². The van der Waals surface area contributed by atoms with Crippen LogP contribution in [0.2, 0.25) is 0 Å². The van der Waals surface area contributed by atoms with Crippen molar-refractivity contribution in [2.75, 3.05) is 6.54 Å². The van der Waals surface area contributed by atoms with E-state index in [-0.39, 0.29) is 11.7 Å². The second-order valence-corrected chi connectivity index (χ2v) is 7.51. The van der Waals surface area contributed by atoms with Crippen molar-refractivity contribution in [1.82, 2.24) is 29.5 Å². The smallest absolute Gasteiger partial charge is 0.220 e. The number of halogens is 1. The van der Waals surface area contributed by atoms with Crippen LogP contribution in [-0.4, -0.2) is 36.7 Å². The summed E-state index contributed by atoms with van der Waals surface area (Å²) in [4.78, 5) is 12.0. The average Bonchev–Trinajstić information content (AvgIpc) is 3.30. The van der Waals surface area contributed by atoms with Crippen molar-refractivity contribution in [3.05, 3.63) is 54.4 Å². The molecule has 3 aromatic heterocycles. The lowest BCUT2D eigenvalue weighted by Gasteiger charge is -2.06. The fourth-order valence-electron chi connectivity index (χ4n) is 3.21. The molecule has 1 aromatic carbocycles.